The van der Waals surface area contributed by atoms with E-state index in [0.29, 0.717) is 5.69 Å². The molecule has 0 atom stereocenters. The first kappa shape index (κ1) is 22.8. The molecule has 0 saturated carbocycles. The predicted octanol–water partition coefficient (Wildman–Crippen LogP) is 4.65. The molecule has 4 rings (SSSR count). The monoisotopic (exact) mass is 440 g/mol. The molecule has 0 unspecified atom stereocenters. The number of allylic oxidation sites excluding steroid dienone is 1. The average Bonchev–Trinajstić information content (AvgIpc) is 3.50. The maximum Gasteiger partial charge on any atom is 0.344 e. The Morgan fingerprint density at radius 3 is 2.17 bits per heavy atom. The zero-order valence-corrected chi connectivity index (χ0v) is 17.1. The summed E-state index contributed by atoms with van der Waals surface area (Å²) in [6.07, 6.45) is 3.13. The molecule has 0 radical (unpaired) electrons. The fourth-order valence-electron chi connectivity index (χ4n) is 2.67. The third-order valence-electron chi connectivity index (χ3n) is 4.08. The van der Waals surface area contributed by atoms with E-state index >= 15 is 0 Å². The van der Waals surface area contributed by atoms with Gasteiger partial charge in [-0.3, -0.25) is 9.48 Å². The molecule has 4 aromatic rings. The van der Waals surface area contributed by atoms with Gasteiger partial charge in [-0.1, -0.05) is 48.0 Å². The molecule has 0 spiro atoms. The first-order chi connectivity index (χ1) is 14.1. The summed E-state index contributed by atoms with van der Waals surface area (Å²) in [7, 11) is 0. The molecule has 0 aliphatic heterocycles. The van der Waals surface area contributed by atoms with Gasteiger partial charge in [0.1, 0.15) is 12.2 Å². The first-order valence-electron chi connectivity index (χ1n) is 9.09. The SMILES string of the molecule is O=C(C=Cc1ccccc1)Cn1nc(-[c-]2cccc2)cc1C(=O)O.[Fe].[cH-]1[cH-][cH-][cH-][cH-]1. The van der Waals surface area contributed by atoms with Crippen molar-refractivity contribution in [2.75, 3.05) is 0 Å². The maximum absolute atomic E-state index is 12.1. The van der Waals surface area contributed by atoms with E-state index in [4.69, 9.17) is 0 Å². The summed E-state index contributed by atoms with van der Waals surface area (Å²) in [6.45, 7) is -0.119. The van der Waals surface area contributed by atoms with Gasteiger partial charge in [0.25, 0.3) is 0 Å². The Morgan fingerprint density at radius 2 is 1.60 bits per heavy atom. The van der Waals surface area contributed by atoms with Crippen LogP contribution in [0.4, 0.5) is 0 Å². The van der Waals surface area contributed by atoms with Crippen molar-refractivity contribution < 1.29 is 31.8 Å². The van der Waals surface area contributed by atoms with Crippen molar-refractivity contribution in [1.29, 1.82) is 0 Å². The number of hydrogen-bond acceptors (Lipinski definition) is 3. The molecule has 1 N–H and O–H groups in total. The second kappa shape index (κ2) is 11.5. The molecule has 30 heavy (non-hydrogen) atoms. The Balaban J connectivity index is 0.000000468. The fourth-order valence-corrected chi connectivity index (χ4v) is 2.67. The molecule has 0 amide bonds. The number of benzene rings is 1. The van der Waals surface area contributed by atoms with Gasteiger partial charge in [-0.25, -0.2) is 4.79 Å². The second-order valence-corrected chi connectivity index (χ2v) is 6.22. The minimum atomic E-state index is -1.11. The van der Waals surface area contributed by atoms with Crippen LogP contribution >= 0.6 is 0 Å². The number of hydrogen-bond donors (Lipinski definition) is 1. The van der Waals surface area contributed by atoms with Crippen LogP contribution < -0.4 is 0 Å². The number of carboxylic acids is 1. The van der Waals surface area contributed by atoms with E-state index in [2.05, 4.69) is 5.10 Å². The minimum absolute atomic E-state index is 0. The van der Waals surface area contributed by atoms with Crippen LogP contribution in [0.1, 0.15) is 16.1 Å². The van der Waals surface area contributed by atoms with Crippen molar-refractivity contribution in [3.63, 3.8) is 0 Å². The van der Waals surface area contributed by atoms with Crippen LogP contribution in [-0.4, -0.2) is 26.6 Å². The Bertz CT molecular complexity index is 1050. The zero-order valence-electron chi connectivity index (χ0n) is 16.0. The Morgan fingerprint density at radius 1 is 1.00 bits per heavy atom. The van der Waals surface area contributed by atoms with Crippen LogP contribution in [0.2, 0.25) is 0 Å². The molecule has 0 saturated heterocycles. The number of carboxylic acid groups (broad SMARTS) is 1. The fraction of sp³-hybridized carbons (Fsp3) is 0.0417. The van der Waals surface area contributed by atoms with Crippen molar-refractivity contribution in [2.24, 2.45) is 0 Å². The van der Waals surface area contributed by atoms with Gasteiger partial charge in [-0.2, -0.15) is 17.2 Å². The van der Waals surface area contributed by atoms with E-state index in [1.165, 1.54) is 16.8 Å². The largest absolute Gasteiger partial charge is 0.748 e. The summed E-state index contributed by atoms with van der Waals surface area (Å²) in [4.78, 5) is 23.5. The molecule has 0 aliphatic carbocycles. The summed E-state index contributed by atoms with van der Waals surface area (Å²) < 4.78 is 1.22. The van der Waals surface area contributed by atoms with Crippen molar-refractivity contribution in [1.82, 2.24) is 9.78 Å². The van der Waals surface area contributed by atoms with Crippen molar-refractivity contribution in [3.05, 3.63) is 108 Å². The maximum atomic E-state index is 12.1. The Kier molecular flexibility index (Phi) is 8.75. The Hall–Kier alpha value is -3.47. The minimum Gasteiger partial charge on any atom is -0.748 e. The van der Waals surface area contributed by atoms with E-state index in [9.17, 15) is 14.7 Å². The molecule has 3 aromatic carbocycles. The van der Waals surface area contributed by atoms with Gasteiger partial charge in [-0.05, 0) is 11.6 Å². The summed E-state index contributed by atoms with van der Waals surface area (Å²) in [5, 5.41) is 13.6. The molecule has 1 heterocycles. The van der Waals surface area contributed by atoms with E-state index < -0.39 is 5.97 Å². The van der Waals surface area contributed by atoms with Crippen LogP contribution in [0.15, 0.2) is 97.1 Å². The normalized spacial score (nSPS) is 10.1. The molecule has 0 fully saturated rings. The molecule has 1 aromatic heterocycles. The van der Waals surface area contributed by atoms with Gasteiger partial charge in [-0.15, -0.1) is 12.1 Å². The molecule has 5 nitrogen and oxygen atoms in total. The van der Waals surface area contributed by atoms with Crippen LogP contribution in [0.25, 0.3) is 17.3 Å². The summed E-state index contributed by atoms with van der Waals surface area (Å²) >= 11 is 0. The van der Waals surface area contributed by atoms with Gasteiger partial charge < -0.3 is 35.4 Å². The van der Waals surface area contributed by atoms with Crippen molar-refractivity contribution in [3.8, 4) is 11.3 Å². The number of aromatic nitrogens is 2. The summed E-state index contributed by atoms with van der Waals surface area (Å²) in [5.41, 5.74) is 2.26. The number of carbonyl (C=O) groups excluding carboxylic acids is 1. The quantitative estimate of drug-likeness (QED) is 0.269. The molecular weight excluding hydrogens is 420 g/mol. The van der Waals surface area contributed by atoms with Gasteiger partial charge in [0.05, 0.1) is 0 Å². The average molecular weight is 440 g/mol. The van der Waals surface area contributed by atoms with Crippen LogP contribution in [0.5, 0.6) is 0 Å². The van der Waals surface area contributed by atoms with Gasteiger partial charge in [0, 0.05) is 22.8 Å². The van der Waals surface area contributed by atoms with Crippen molar-refractivity contribution in [2.45, 2.75) is 6.54 Å². The van der Waals surface area contributed by atoms with E-state index in [1.807, 2.05) is 84.9 Å². The number of aromatic carboxylic acids is 1. The number of rotatable bonds is 6. The van der Waals surface area contributed by atoms with E-state index in [-0.39, 0.29) is 35.1 Å². The molecule has 0 bridgehead atoms. The molecule has 6 heteroatoms. The van der Waals surface area contributed by atoms with Crippen LogP contribution in [0, 0.1) is 0 Å². The summed E-state index contributed by atoms with van der Waals surface area (Å²) in [6, 6.07) is 28.3. The molecular formula is C24H20FeN2O3-6. The first-order valence-corrected chi connectivity index (χ1v) is 9.09. The van der Waals surface area contributed by atoms with Gasteiger partial charge in [0.2, 0.25) is 0 Å². The third kappa shape index (κ3) is 6.55. The topological polar surface area (TPSA) is 72.2 Å². The molecule has 0 aliphatic rings. The Labute approximate surface area is 185 Å². The van der Waals surface area contributed by atoms with Crippen LogP contribution in [-0.2, 0) is 28.4 Å². The van der Waals surface area contributed by atoms with Gasteiger partial charge >= 0.3 is 5.97 Å². The predicted molar refractivity (Wildman–Crippen MR) is 113 cm³/mol. The summed E-state index contributed by atoms with van der Waals surface area (Å²) in [5.74, 6) is -1.33. The number of carbonyl (C=O) groups is 2. The molecule has 158 valence electrons. The van der Waals surface area contributed by atoms with Crippen molar-refractivity contribution >= 4 is 17.8 Å². The number of ketones is 1. The smallest absolute Gasteiger partial charge is 0.344 e. The van der Waals surface area contributed by atoms with E-state index in [1.54, 1.807) is 6.08 Å². The zero-order chi connectivity index (χ0) is 20.5. The van der Waals surface area contributed by atoms with Crippen LogP contribution in [0.3, 0.4) is 0 Å². The number of nitrogens with zero attached hydrogens (tertiary/aromatic N) is 2. The van der Waals surface area contributed by atoms with E-state index in [0.717, 1.165) is 11.1 Å². The van der Waals surface area contributed by atoms with Gasteiger partial charge in [0.15, 0.2) is 5.78 Å². The standard InChI is InChI=1S/C19H15N2O3.C5H5.Fe/c22-16(11-10-14-6-2-1-3-7-14)13-21-18(19(23)24)12-17(20-21)15-8-4-5-9-15;1-2-4-5-3-1;/h1-12H,13H2,(H,23,24);1-5H;/q-1;-5;. The third-order valence-corrected chi connectivity index (χ3v) is 4.08. The second-order valence-electron chi connectivity index (χ2n) is 6.22.